The van der Waals surface area contributed by atoms with Crippen molar-refractivity contribution in [1.82, 2.24) is 4.98 Å². The third-order valence-electron chi connectivity index (χ3n) is 3.53. The summed E-state index contributed by atoms with van der Waals surface area (Å²) in [4.78, 5) is 4.46. The first-order valence-corrected chi connectivity index (χ1v) is 7.25. The highest BCUT2D eigenvalue weighted by Gasteiger charge is 2.22. The normalized spacial score (nSPS) is 16.2. The first-order valence-electron chi connectivity index (χ1n) is 7.25. The van der Waals surface area contributed by atoms with E-state index in [2.05, 4.69) is 24.1 Å². The molecule has 0 bridgehead atoms. The minimum atomic E-state index is 0.215. The van der Waals surface area contributed by atoms with Crippen LogP contribution in [0.1, 0.15) is 26.7 Å². The Hall–Kier alpha value is -1.49. The first kappa shape index (κ1) is 14.9. The summed E-state index contributed by atoms with van der Waals surface area (Å²) in [7, 11) is 1.71. The molecule has 1 aromatic rings. The van der Waals surface area contributed by atoms with E-state index in [1.165, 1.54) is 12.8 Å². The van der Waals surface area contributed by atoms with Crippen molar-refractivity contribution in [1.29, 1.82) is 0 Å². The summed E-state index contributed by atoms with van der Waals surface area (Å²) in [6.45, 7) is 5.66. The van der Waals surface area contributed by atoms with E-state index < -0.39 is 0 Å². The average Bonchev–Trinajstić information content (AvgIpc) is 3.22. The van der Waals surface area contributed by atoms with Crippen LogP contribution in [0.3, 0.4) is 0 Å². The van der Waals surface area contributed by atoms with Gasteiger partial charge in [0.1, 0.15) is 5.82 Å². The van der Waals surface area contributed by atoms with E-state index in [0.717, 1.165) is 5.82 Å². The Bertz CT molecular complexity index is 433. The zero-order chi connectivity index (χ0) is 14.5. The predicted octanol–water partition coefficient (Wildman–Crippen LogP) is 2.54. The number of rotatable bonds is 8. The largest absolute Gasteiger partial charge is 0.476 e. The van der Waals surface area contributed by atoms with Crippen molar-refractivity contribution < 1.29 is 9.47 Å². The van der Waals surface area contributed by atoms with Gasteiger partial charge in [-0.25, -0.2) is 0 Å². The number of pyridine rings is 1. The molecule has 5 nitrogen and oxygen atoms in total. The Kier molecular flexibility index (Phi) is 5.06. The highest BCUT2D eigenvalue weighted by Crippen LogP contribution is 2.30. The summed E-state index contributed by atoms with van der Waals surface area (Å²) in [6.07, 6.45) is 2.50. The number of aromatic nitrogens is 1. The van der Waals surface area contributed by atoms with Gasteiger partial charge in [0.25, 0.3) is 0 Å². The third-order valence-corrected chi connectivity index (χ3v) is 3.53. The molecule has 5 heteroatoms. The van der Waals surface area contributed by atoms with E-state index >= 15 is 0 Å². The molecule has 20 heavy (non-hydrogen) atoms. The molecule has 1 saturated carbocycles. The molecule has 3 N–H and O–H groups in total. The van der Waals surface area contributed by atoms with Crippen molar-refractivity contribution in [3.63, 3.8) is 0 Å². The molecule has 1 unspecified atom stereocenters. The molecule has 1 fully saturated rings. The fourth-order valence-corrected chi connectivity index (χ4v) is 1.90. The van der Waals surface area contributed by atoms with Gasteiger partial charge in [-0.2, -0.15) is 4.98 Å². The van der Waals surface area contributed by atoms with Crippen LogP contribution in [0.4, 0.5) is 11.5 Å². The maximum absolute atomic E-state index is 5.91. The van der Waals surface area contributed by atoms with E-state index in [1.54, 1.807) is 7.11 Å². The molecular weight excluding hydrogens is 254 g/mol. The molecule has 1 atom stereocenters. The maximum atomic E-state index is 5.91. The smallest absolute Gasteiger partial charge is 0.239 e. The van der Waals surface area contributed by atoms with Crippen LogP contribution in [-0.2, 0) is 4.74 Å². The van der Waals surface area contributed by atoms with Gasteiger partial charge < -0.3 is 20.5 Å². The average molecular weight is 279 g/mol. The molecule has 1 aromatic heterocycles. The number of ether oxygens (including phenoxy) is 2. The van der Waals surface area contributed by atoms with E-state index in [9.17, 15) is 0 Å². The molecule has 1 aliphatic rings. The molecule has 0 spiro atoms. The molecule has 2 rings (SSSR count). The molecule has 0 aliphatic heterocycles. The van der Waals surface area contributed by atoms with E-state index in [1.807, 2.05) is 12.1 Å². The van der Waals surface area contributed by atoms with Gasteiger partial charge >= 0.3 is 0 Å². The quantitative estimate of drug-likeness (QED) is 0.765. The monoisotopic (exact) mass is 279 g/mol. The Morgan fingerprint density at radius 3 is 2.75 bits per heavy atom. The van der Waals surface area contributed by atoms with Gasteiger partial charge in [-0.05, 0) is 36.8 Å². The summed E-state index contributed by atoms with van der Waals surface area (Å²) in [5.74, 6) is 2.44. The molecule has 1 heterocycles. The molecule has 1 aliphatic carbocycles. The highest BCUT2D eigenvalue weighted by atomic mass is 16.5. The van der Waals surface area contributed by atoms with Crippen LogP contribution in [0.15, 0.2) is 12.1 Å². The number of nitrogens with zero attached hydrogens (tertiary/aromatic N) is 1. The van der Waals surface area contributed by atoms with Gasteiger partial charge in [0.05, 0.1) is 24.9 Å². The van der Waals surface area contributed by atoms with Crippen molar-refractivity contribution in [3.8, 4) is 5.88 Å². The lowest BCUT2D eigenvalue weighted by atomic mass is 10.1. The maximum Gasteiger partial charge on any atom is 0.239 e. The minimum Gasteiger partial charge on any atom is -0.476 e. The summed E-state index contributed by atoms with van der Waals surface area (Å²) >= 11 is 0. The zero-order valence-electron chi connectivity index (χ0n) is 12.6. The number of methoxy groups -OCH3 is 1. The van der Waals surface area contributed by atoms with Gasteiger partial charge in [-0.3, -0.25) is 0 Å². The zero-order valence-corrected chi connectivity index (χ0v) is 12.6. The second kappa shape index (κ2) is 6.79. The van der Waals surface area contributed by atoms with Crippen molar-refractivity contribution in [2.75, 3.05) is 31.4 Å². The molecular formula is C15H25N3O2. The predicted molar refractivity (Wildman–Crippen MR) is 81.0 cm³/mol. The van der Waals surface area contributed by atoms with Crippen LogP contribution in [0.2, 0.25) is 0 Å². The van der Waals surface area contributed by atoms with Crippen molar-refractivity contribution in [2.45, 2.75) is 32.7 Å². The molecule has 0 aromatic carbocycles. The van der Waals surface area contributed by atoms with E-state index in [0.29, 0.717) is 36.6 Å². The molecule has 0 amide bonds. The van der Waals surface area contributed by atoms with Gasteiger partial charge in [0.2, 0.25) is 5.88 Å². The number of nitrogens with two attached hydrogens (primary N) is 1. The number of nitrogen functional groups attached to an aromatic ring is 1. The Balaban J connectivity index is 2.00. The van der Waals surface area contributed by atoms with Crippen molar-refractivity contribution in [3.05, 3.63) is 12.1 Å². The second-order valence-electron chi connectivity index (χ2n) is 5.80. The standard InChI is InChI=1S/C15H25N3O2/c1-10(2)13(9-19-3)17-14-7-6-12(16)15(18-14)20-8-11-4-5-11/h6-7,10-11,13H,4-5,8-9,16H2,1-3H3,(H,17,18). The number of hydrogen-bond acceptors (Lipinski definition) is 5. The highest BCUT2D eigenvalue weighted by molar-refractivity contribution is 5.53. The third kappa shape index (κ3) is 4.27. The van der Waals surface area contributed by atoms with Gasteiger partial charge in [0.15, 0.2) is 0 Å². The molecule has 112 valence electrons. The van der Waals surface area contributed by atoms with Crippen LogP contribution in [0.25, 0.3) is 0 Å². The Morgan fingerprint density at radius 1 is 1.40 bits per heavy atom. The summed E-state index contributed by atoms with van der Waals surface area (Å²) in [6, 6.07) is 3.93. The number of hydrogen-bond donors (Lipinski definition) is 2. The SMILES string of the molecule is COCC(Nc1ccc(N)c(OCC2CC2)n1)C(C)C. The lowest BCUT2D eigenvalue weighted by Crippen LogP contribution is -2.30. The van der Waals surface area contributed by atoms with Crippen LogP contribution in [0, 0.1) is 11.8 Å². The van der Waals surface area contributed by atoms with Crippen LogP contribution in [-0.4, -0.2) is 31.3 Å². The van der Waals surface area contributed by atoms with Gasteiger partial charge in [-0.15, -0.1) is 0 Å². The molecule has 0 radical (unpaired) electrons. The summed E-state index contributed by atoms with van der Waals surface area (Å²) in [5.41, 5.74) is 6.49. The minimum absolute atomic E-state index is 0.215. The number of nitrogens with one attached hydrogen (secondary N) is 1. The topological polar surface area (TPSA) is 69.4 Å². The van der Waals surface area contributed by atoms with Crippen LogP contribution >= 0.6 is 0 Å². The molecule has 0 saturated heterocycles. The van der Waals surface area contributed by atoms with Crippen molar-refractivity contribution >= 4 is 11.5 Å². The van der Waals surface area contributed by atoms with E-state index in [4.69, 9.17) is 15.2 Å². The van der Waals surface area contributed by atoms with Crippen LogP contribution < -0.4 is 15.8 Å². The Labute approximate surface area is 120 Å². The van der Waals surface area contributed by atoms with E-state index in [-0.39, 0.29) is 6.04 Å². The lowest BCUT2D eigenvalue weighted by Gasteiger charge is -2.22. The van der Waals surface area contributed by atoms with Gasteiger partial charge in [0, 0.05) is 7.11 Å². The lowest BCUT2D eigenvalue weighted by molar-refractivity contribution is 0.171. The van der Waals surface area contributed by atoms with Crippen molar-refractivity contribution in [2.24, 2.45) is 11.8 Å². The number of anilines is 2. The Morgan fingerprint density at radius 2 is 2.15 bits per heavy atom. The fourth-order valence-electron chi connectivity index (χ4n) is 1.90. The second-order valence-corrected chi connectivity index (χ2v) is 5.80. The first-order chi connectivity index (χ1) is 9.60. The van der Waals surface area contributed by atoms with Crippen LogP contribution in [0.5, 0.6) is 5.88 Å². The summed E-state index contributed by atoms with van der Waals surface area (Å²) in [5, 5.41) is 3.38. The fraction of sp³-hybridized carbons (Fsp3) is 0.667. The summed E-state index contributed by atoms with van der Waals surface area (Å²) < 4.78 is 10.9. The van der Waals surface area contributed by atoms with Gasteiger partial charge in [-0.1, -0.05) is 13.8 Å².